The maximum absolute atomic E-state index is 12.9. The van der Waals surface area contributed by atoms with E-state index in [1.165, 1.54) is 28.6 Å². The molecule has 1 heterocycles. The highest BCUT2D eigenvalue weighted by atomic mass is 35.5. The van der Waals surface area contributed by atoms with Crippen LogP contribution in [0.5, 0.6) is 0 Å². The number of sulfonamides is 1. The van der Waals surface area contributed by atoms with Gasteiger partial charge in [0.05, 0.1) is 4.90 Å². The third-order valence-electron chi connectivity index (χ3n) is 4.81. The Morgan fingerprint density at radius 3 is 2.54 bits per heavy atom. The number of benzene rings is 2. The second-order valence-electron chi connectivity index (χ2n) is 6.71. The Labute approximate surface area is 175 Å². The average Bonchev–Trinajstić information content (AvgIpc) is 3.17. The summed E-state index contributed by atoms with van der Waals surface area (Å²) in [6.07, 6.45) is 2.65. The average molecular weight is 441 g/mol. The number of rotatable bonds is 7. The van der Waals surface area contributed by atoms with Crippen molar-refractivity contribution in [1.29, 1.82) is 0 Å². The second kappa shape index (κ2) is 9.27. The molecule has 2 aromatic rings. The third kappa shape index (κ3) is 4.87. The van der Waals surface area contributed by atoms with Crippen LogP contribution in [0.2, 0.25) is 10.0 Å². The van der Waals surface area contributed by atoms with Crippen LogP contribution >= 0.6 is 23.2 Å². The molecule has 1 N–H and O–H groups in total. The summed E-state index contributed by atoms with van der Waals surface area (Å²) in [4.78, 5) is 12.8. The van der Waals surface area contributed by atoms with Crippen LogP contribution in [-0.2, 0) is 21.2 Å². The van der Waals surface area contributed by atoms with Crippen molar-refractivity contribution in [3.05, 3.63) is 64.1 Å². The Bertz CT molecular complexity index is 933. The Morgan fingerprint density at radius 2 is 1.82 bits per heavy atom. The van der Waals surface area contributed by atoms with Crippen molar-refractivity contribution in [3.8, 4) is 0 Å². The van der Waals surface area contributed by atoms with Gasteiger partial charge in [-0.2, -0.15) is 4.31 Å². The van der Waals surface area contributed by atoms with Gasteiger partial charge in [0.1, 0.15) is 6.04 Å². The first-order valence-corrected chi connectivity index (χ1v) is 11.4. The topological polar surface area (TPSA) is 66.5 Å². The van der Waals surface area contributed by atoms with Gasteiger partial charge in [-0.15, -0.1) is 0 Å². The number of carbonyl (C=O) groups excluding carboxylic acids is 1. The number of carbonyl (C=O) groups is 1. The van der Waals surface area contributed by atoms with Gasteiger partial charge in [-0.05, 0) is 61.6 Å². The zero-order valence-electron chi connectivity index (χ0n) is 15.3. The molecule has 0 unspecified atom stereocenters. The van der Waals surface area contributed by atoms with Crippen molar-refractivity contribution < 1.29 is 13.2 Å². The van der Waals surface area contributed by atoms with E-state index in [4.69, 9.17) is 23.2 Å². The normalized spacial score (nSPS) is 17.6. The number of nitrogens with one attached hydrogen (secondary N) is 1. The Balaban J connectivity index is 1.58. The molecule has 1 saturated heterocycles. The van der Waals surface area contributed by atoms with E-state index in [2.05, 4.69) is 5.32 Å². The minimum absolute atomic E-state index is 0.148. The summed E-state index contributed by atoms with van der Waals surface area (Å²) in [6, 6.07) is 12.9. The summed E-state index contributed by atoms with van der Waals surface area (Å²) < 4.78 is 27.1. The number of amides is 1. The lowest BCUT2D eigenvalue weighted by atomic mass is 10.1. The smallest absolute Gasteiger partial charge is 0.243 e. The molecule has 8 heteroatoms. The van der Waals surface area contributed by atoms with Crippen LogP contribution in [-0.4, -0.2) is 37.8 Å². The summed E-state index contributed by atoms with van der Waals surface area (Å²) in [5.41, 5.74) is 1.03. The second-order valence-corrected chi connectivity index (χ2v) is 9.45. The van der Waals surface area contributed by atoms with Gasteiger partial charge in [0.25, 0.3) is 0 Å². The predicted molar refractivity (Wildman–Crippen MR) is 111 cm³/mol. The zero-order valence-corrected chi connectivity index (χ0v) is 17.6. The fourth-order valence-corrected chi connectivity index (χ4v) is 5.35. The summed E-state index contributed by atoms with van der Waals surface area (Å²) in [5.74, 6) is -0.255. The van der Waals surface area contributed by atoms with Crippen molar-refractivity contribution in [2.24, 2.45) is 0 Å². The first-order valence-electron chi connectivity index (χ1n) is 9.18. The van der Waals surface area contributed by atoms with E-state index in [0.29, 0.717) is 36.0 Å². The van der Waals surface area contributed by atoms with E-state index in [1.807, 2.05) is 24.3 Å². The van der Waals surface area contributed by atoms with Crippen molar-refractivity contribution in [2.75, 3.05) is 13.1 Å². The highest BCUT2D eigenvalue weighted by Crippen LogP contribution is 2.27. The number of hydrogen-bond acceptors (Lipinski definition) is 3. The number of nitrogens with zero attached hydrogens (tertiary/aromatic N) is 1. The van der Waals surface area contributed by atoms with Gasteiger partial charge in [0.2, 0.25) is 15.9 Å². The molecule has 1 fully saturated rings. The lowest BCUT2D eigenvalue weighted by molar-refractivity contribution is -0.124. The van der Waals surface area contributed by atoms with Crippen LogP contribution in [0.1, 0.15) is 24.8 Å². The molecule has 1 atom stereocenters. The van der Waals surface area contributed by atoms with Gasteiger partial charge in [0, 0.05) is 23.1 Å². The molecule has 0 bridgehead atoms. The van der Waals surface area contributed by atoms with E-state index >= 15 is 0 Å². The first-order chi connectivity index (χ1) is 13.4. The molecule has 28 heavy (non-hydrogen) atoms. The van der Waals surface area contributed by atoms with Crippen LogP contribution in [0.4, 0.5) is 0 Å². The van der Waals surface area contributed by atoms with Gasteiger partial charge >= 0.3 is 0 Å². The highest BCUT2D eigenvalue weighted by Gasteiger charge is 2.39. The van der Waals surface area contributed by atoms with E-state index < -0.39 is 16.1 Å². The van der Waals surface area contributed by atoms with Gasteiger partial charge in [-0.1, -0.05) is 41.4 Å². The van der Waals surface area contributed by atoms with E-state index in [1.54, 1.807) is 0 Å². The minimum atomic E-state index is -3.73. The van der Waals surface area contributed by atoms with Crippen molar-refractivity contribution in [2.45, 2.75) is 36.6 Å². The fourth-order valence-electron chi connectivity index (χ4n) is 3.34. The lowest BCUT2D eigenvalue weighted by Gasteiger charge is -2.23. The number of aryl methyl sites for hydroxylation is 1. The van der Waals surface area contributed by atoms with Gasteiger partial charge in [-0.25, -0.2) is 8.42 Å². The summed E-state index contributed by atoms with van der Waals surface area (Å²) in [5, 5.41) is 4.05. The van der Waals surface area contributed by atoms with Gasteiger partial charge in [-0.3, -0.25) is 4.79 Å². The Kier molecular flexibility index (Phi) is 6.99. The largest absolute Gasteiger partial charge is 0.355 e. The van der Waals surface area contributed by atoms with Crippen molar-refractivity contribution >= 4 is 39.1 Å². The molecular formula is C20H22Cl2N2O3S. The van der Waals surface area contributed by atoms with Gasteiger partial charge in [0.15, 0.2) is 0 Å². The summed E-state index contributed by atoms with van der Waals surface area (Å²) in [7, 11) is -3.73. The standard InChI is InChI=1S/C20H22Cl2N2O3S/c21-16-9-11-17(12-10-16)28(26,27)24-14-4-8-19(24)20(25)23-13-3-6-15-5-1-2-7-18(15)22/h1-2,5,7,9-12,19H,3-4,6,8,13-14H2,(H,23,25)/t19-/m0/s1. The zero-order chi connectivity index (χ0) is 20.1. The molecule has 0 aliphatic carbocycles. The highest BCUT2D eigenvalue weighted by molar-refractivity contribution is 7.89. The molecule has 3 rings (SSSR count). The maximum Gasteiger partial charge on any atom is 0.243 e. The van der Waals surface area contributed by atoms with E-state index in [-0.39, 0.29) is 10.8 Å². The van der Waals surface area contributed by atoms with Gasteiger partial charge < -0.3 is 5.32 Å². The van der Waals surface area contributed by atoms with Crippen LogP contribution in [0.15, 0.2) is 53.4 Å². The molecular weight excluding hydrogens is 419 g/mol. The molecule has 0 saturated carbocycles. The predicted octanol–water partition coefficient (Wildman–Crippen LogP) is 3.90. The fraction of sp³-hybridized carbons (Fsp3) is 0.350. The first kappa shape index (κ1) is 21.1. The van der Waals surface area contributed by atoms with Crippen LogP contribution in [0, 0.1) is 0 Å². The van der Waals surface area contributed by atoms with Crippen LogP contribution in [0.25, 0.3) is 0 Å². The molecule has 1 aliphatic heterocycles. The monoisotopic (exact) mass is 440 g/mol. The summed E-state index contributed by atoms with van der Waals surface area (Å²) in [6.45, 7) is 0.804. The SMILES string of the molecule is O=C(NCCCc1ccccc1Cl)[C@@H]1CCCN1S(=O)(=O)c1ccc(Cl)cc1. The maximum atomic E-state index is 12.9. The number of hydrogen-bond donors (Lipinski definition) is 1. The molecule has 0 radical (unpaired) electrons. The summed E-state index contributed by atoms with van der Waals surface area (Å²) >= 11 is 12.0. The van der Waals surface area contributed by atoms with E-state index in [0.717, 1.165) is 18.4 Å². The molecule has 2 aromatic carbocycles. The van der Waals surface area contributed by atoms with E-state index in [9.17, 15) is 13.2 Å². The minimum Gasteiger partial charge on any atom is -0.355 e. The molecule has 1 amide bonds. The van der Waals surface area contributed by atoms with Crippen LogP contribution < -0.4 is 5.32 Å². The molecule has 0 spiro atoms. The molecule has 5 nitrogen and oxygen atoms in total. The third-order valence-corrected chi connectivity index (χ3v) is 7.35. The van der Waals surface area contributed by atoms with Crippen molar-refractivity contribution in [3.63, 3.8) is 0 Å². The van der Waals surface area contributed by atoms with Crippen LogP contribution in [0.3, 0.4) is 0 Å². The lowest BCUT2D eigenvalue weighted by Crippen LogP contribution is -2.46. The van der Waals surface area contributed by atoms with Crippen molar-refractivity contribution in [1.82, 2.24) is 9.62 Å². The molecule has 1 aliphatic rings. The number of halogens is 2. The molecule has 150 valence electrons. The Morgan fingerprint density at radius 1 is 1.11 bits per heavy atom. The quantitative estimate of drug-likeness (QED) is 0.663. The Hall–Kier alpha value is -1.60. The molecule has 0 aromatic heterocycles.